The Morgan fingerprint density at radius 1 is 1.00 bits per heavy atom. The molecule has 0 atom stereocenters. The summed E-state index contributed by atoms with van der Waals surface area (Å²) in [6, 6.07) is 0. The molecular weight excluding hydrogens is 242 g/mol. The van der Waals surface area contributed by atoms with Crippen LogP contribution in [-0.2, 0) is 14.3 Å². The zero-order valence-corrected chi connectivity index (χ0v) is 12.5. The van der Waals surface area contributed by atoms with Crippen molar-refractivity contribution in [3.8, 4) is 0 Å². The number of hydrogen-bond donors (Lipinski definition) is 1. The lowest BCUT2D eigenvalue weighted by Gasteiger charge is -2.05. The van der Waals surface area contributed by atoms with Crippen molar-refractivity contribution in [3.63, 3.8) is 0 Å². The fourth-order valence-corrected chi connectivity index (χ4v) is 1.81. The van der Waals surface area contributed by atoms with Gasteiger partial charge in [0.25, 0.3) is 0 Å². The molecule has 0 aromatic heterocycles. The van der Waals surface area contributed by atoms with Crippen LogP contribution in [0.15, 0.2) is 0 Å². The van der Waals surface area contributed by atoms with E-state index in [1.54, 1.807) is 0 Å². The van der Waals surface area contributed by atoms with Crippen molar-refractivity contribution in [1.29, 1.82) is 0 Å². The Morgan fingerprint density at radius 2 is 1.63 bits per heavy atom. The molecule has 19 heavy (non-hydrogen) atoms. The molecule has 0 saturated carbocycles. The second-order valence-electron chi connectivity index (χ2n) is 4.71. The van der Waals surface area contributed by atoms with Crippen molar-refractivity contribution < 1.29 is 15.8 Å². The largest absolute Gasteiger partial charge is 0.380 e. The molecule has 0 fully saturated rings. The molecule has 0 aliphatic carbocycles. The maximum atomic E-state index is 11.4. The number of nitrogens with one attached hydrogen (secondary N) is 1. The molecule has 114 valence electrons. The molecule has 0 rings (SSSR count). The van der Waals surface area contributed by atoms with Crippen molar-refractivity contribution in [2.45, 2.75) is 65.2 Å². The third-order valence-corrected chi connectivity index (χ3v) is 3.03. The first-order chi connectivity index (χ1) is 9.20. The van der Waals surface area contributed by atoms with E-state index >= 15 is 0 Å². The van der Waals surface area contributed by atoms with E-state index in [9.17, 15) is 9.59 Å². The molecule has 0 heterocycles. The molecule has 0 spiro atoms. The number of carbonyl (C=O) groups is 2. The third kappa shape index (κ3) is 13.3. The number of ether oxygens (including phenoxy) is 1. The van der Waals surface area contributed by atoms with Crippen LogP contribution in [0.5, 0.6) is 0 Å². The summed E-state index contributed by atoms with van der Waals surface area (Å²) >= 11 is 0. The molecule has 0 saturated heterocycles. The van der Waals surface area contributed by atoms with E-state index < -0.39 is 0 Å². The summed E-state index contributed by atoms with van der Waals surface area (Å²) in [6.07, 6.45) is 7.17. The van der Waals surface area contributed by atoms with Crippen molar-refractivity contribution in [2.24, 2.45) is 0 Å². The maximum absolute atomic E-state index is 11.4. The minimum Gasteiger partial charge on any atom is -0.380 e. The Hall–Kier alpha value is -0.900. The van der Waals surface area contributed by atoms with Crippen LogP contribution in [-0.4, -0.2) is 31.4 Å². The van der Waals surface area contributed by atoms with E-state index in [1.807, 2.05) is 13.8 Å². The first-order valence-electron chi connectivity index (χ1n) is 7.56. The summed E-state index contributed by atoms with van der Waals surface area (Å²) in [7, 11) is 0. The number of rotatable bonds is 13. The van der Waals surface area contributed by atoms with Crippen LogP contribution in [0, 0.1) is 0 Å². The van der Waals surface area contributed by atoms with Crippen LogP contribution in [0.1, 0.15) is 66.6 Å². The van der Waals surface area contributed by atoms with Crippen LogP contribution < -0.4 is 5.32 Å². The van der Waals surface area contributed by atoms with Crippen LogP contribution in [0.2, 0.25) is 0 Å². The molecule has 1 N–H and O–H groups in total. The van der Waals surface area contributed by atoms with E-state index in [1.165, 1.54) is 0 Å². The first-order valence-corrected chi connectivity index (χ1v) is 7.56. The number of ketones is 1. The zero-order valence-electron chi connectivity index (χ0n) is 12.5. The van der Waals surface area contributed by atoms with Gasteiger partial charge in [-0.2, -0.15) is 0 Å². The SMILES string of the molecule is CCOCCNC(=O)CCCCCCCC(=O)CC.[HH]. The van der Waals surface area contributed by atoms with Gasteiger partial charge in [-0.15, -0.1) is 0 Å². The fourth-order valence-electron chi connectivity index (χ4n) is 1.81. The number of hydrogen-bond acceptors (Lipinski definition) is 3. The van der Waals surface area contributed by atoms with Crippen LogP contribution >= 0.6 is 0 Å². The zero-order chi connectivity index (χ0) is 14.3. The fraction of sp³-hybridized carbons (Fsp3) is 0.867. The van der Waals surface area contributed by atoms with E-state index in [-0.39, 0.29) is 7.33 Å². The second kappa shape index (κ2) is 13.5. The highest BCUT2D eigenvalue weighted by Crippen LogP contribution is 2.08. The van der Waals surface area contributed by atoms with Gasteiger partial charge in [-0.3, -0.25) is 9.59 Å². The van der Waals surface area contributed by atoms with Gasteiger partial charge in [0.2, 0.25) is 5.91 Å². The maximum Gasteiger partial charge on any atom is 0.220 e. The minimum atomic E-state index is 0. The first kappa shape index (κ1) is 18.1. The van der Waals surface area contributed by atoms with Crippen LogP contribution in [0.25, 0.3) is 0 Å². The van der Waals surface area contributed by atoms with Gasteiger partial charge in [0.05, 0.1) is 6.61 Å². The smallest absolute Gasteiger partial charge is 0.220 e. The molecule has 0 aliphatic rings. The van der Waals surface area contributed by atoms with Gasteiger partial charge in [0, 0.05) is 33.8 Å². The summed E-state index contributed by atoms with van der Waals surface area (Å²) in [6.45, 7) is 5.73. The molecule has 0 unspecified atom stereocenters. The lowest BCUT2D eigenvalue weighted by Crippen LogP contribution is -2.26. The van der Waals surface area contributed by atoms with Gasteiger partial charge in [0.15, 0.2) is 0 Å². The average Bonchev–Trinajstić information content (AvgIpc) is 2.42. The summed E-state index contributed by atoms with van der Waals surface area (Å²) in [5.74, 6) is 0.467. The van der Waals surface area contributed by atoms with Crippen molar-refractivity contribution in [3.05, 3.63) is 0 Å². The summed E-state index contributed by atoms with van der Waals surface area (Å²) in [4.78, 5) is 22.5. The second-order valence-corrected chi connectivity index (χ2v) is 4.71. The van der Waals surface area contributed by atoms with E-state index in [0.717, 1.165) is 32.1 Å². The Balaban J connectivity index is 0. The monoisotopic (exact) mass is 273 g/mol. The number of Topliss-reactive ketones (excluding diaryl/α,β-unsaturated/α-hetero) is 1. The van der Waals surface area contributed by atoms with Gasteiger partial charge in [-0.25, -0.2) is 0 Å². The van der Waals surface area contributed by atoms with Crippen molar-refractivity contribution >= 4 is 11.7 Å². The third-order valence-electron chi connectivity index (χ3n) is 3.03. The molecule has 4 heteroatoms. The van der Waals surface area contributed by atoms with Gasteiger partial charge >= 0.3 is 0 Å². The minimum absolute atomic E-state index is 0. The van der Waals surface area contributed by atoms with E-state index in [2.05, 4.69) is 5.32 Å². The number of unbranched alkanes of at least 4 members (excludes halogenated alkanes) is 4. The number of amides is 1. The van der Waals surface area contributed by atoms with Gasteiger partial charge in [0.1, 0.15) is 5.78 Å². The molecule has 0 aliphatic heterocycles. The molecule has 0 radical (unpaired) electrons. The molecule has 0 bridgehead atoms. The average molecular weight is 273 g/mol. The highest BCUT2D eigenvalue weighted by molar-refractivity contribution is 5.77. The molecule has 0 aromatic carbocycles. The van der Waals surface area contributed by atoms with Gasteiger partial charge in [-0.05, 0) is 19.8 Å². The molecule has 0 aromatic rings. The van der Waals surface area contributed by atoms with E-state index in [4.69, 9.17) is 4.74 Å². The highest BCUT2D eigenvalue weighted by atomic mass is 16.5. The molecule has 4 nitrogen and oxygen atoms in total. The highest BCUT2D eigenvalue weighted by Gasteiger charge is 2.01. The van der Waals surface area contributed by atoms with Crippen molar-refractivity contribution in [1.82, 2.24) is 5.32 Å². The number of carbonyl (C=O) groups excluding carboxylic acids is 2. The lowest BCUT2D eigenvalue weighted by molar-refractivity contribution is -0.121. The van der Waals surface area contributed by atoms with Crippen LogP contribution in [0.4, 0.5) is 0 Å². The Labute approximate surface area is 118 Å². The van der Waals surface area contributed by atoms with E-state index in [0.29, 0.717) is 44.8 Å². The predicted molar refractivity (Wildman–Crippen MR) is 79.2 cm³/mol. The van der Waals surface area contributed by atoms with Crippen molar-refractivity contribution in [2.75, 3.05) is 19.8 Å². The lowest BCUT2D eigenvalue weighted by atomic mass is 10.1. The standard InChI is InChI=1S/C15H29NO3.H2/c1-3-14(17)10-8-6-5-7-9-11-15(18)16-12-13-19-4-2;/h3-13H2,1-2H3,(H,16,18);1H. The Kier molecular flexibility index (Phi) is 12.9. The normalized spacial score (nSPS) is 10.4. The quantitative estimate of drug-likeness (QED) is 0.525. The Morgan fingerprint density at radius 3 is 2.26 bits per heavy atom. The molecular formula is C15H31NO3. The summed E-state index contributed by atoms with van der Waals surface area (Å²) in [5, 5.41) is 2.83. The molecule has 1 amide bonds. The Bertz CT molecular complexity index is 247. The summed E-state index contributed by atoms with van der Waals surface area (Å²) < 4.78 is 5.14. The van der Waals surface area contributed by atoms with Crippen LogP contribution in [0.3, 0.4) is 0 Å². The summed E-state index contributed by atoms with van der Waals surface area (Å²) in [5.41, 5.74) is 0. The van der Waals surface area contributed by atoms with Gasteiger partial charge < -0.3 is 10.1 Å². The van der Waals surface area contributed by atoms with Gasteiger partial charge in [-0.1, -0.05) is 26.2 Å². The predicted octanol–water partition coefficient (Wildman–Crippen LogP) is 3.09. The topological polar surface area (TPSA) is 55.4 Å².